The molecule has 1 aromatic carbocycles. The summed E-state index contributed by atoms with van der Waals surface area (Å²) in [6, 6.07) is 8.46. The van der Waals surface area contributed by atoms with Crippen molar-refractivity contribution in [2.75, 3.05) is 18.1 Å². The average molecular weight is 459 g/mol. The van der Waals surface area contributed by atoms with Crippen LogP contribution in [0.5, 0.6) is 0 Å². The molecule has 0 aliphatic heterocycles. The molecule has 31 heavy (non-hydrogen) atoms. The third kappa shape index (κ3) is 6.61. The minimum atomic E-state index is 0.00214. The first kappa shape index (κ1) is 23.4. The molecule has 0 radical (unpaired) electrons. The van der Waals surface area contributed by atoms with Crippen molar-refractivity contribution in [2.45, 2.75) is 62.0 Å². The standard InChI is InChI=1S/C22H30N6OS2/c1-14(2)25-20-18-13-24-28(21(18)27-22(26-20)30-5)11-10-23-19(29)12-16-6-8-17(9-7-16)31-15(3)4/h6-9,13-15H,10-12H2,1-5H3,(H,23,29)(H,25,26,27). The van der Waals surface area contributed by atoms with Crippen molar-refractivity contribution in [1.82, 2.24) is 25.1 Å². The predicted molar refractivity (Wildman–Crippen MR) is 130 cm³/mol. The van der Waals surface area contributed by atoms with E-state index in [-0.39, 0.29) is 11.9 Å². The monoisotopic (exact) mass is 458 g/mol. The Labute approximate surface area is 192 Å². The van der Waals surface area contributed by atoms with Gasteiger partial charge in [0.2, 0.25) is 5.91 Å². The van der Waals surface area contributed by atoms with E-state index in [2.05, 4.69) is 65.5 Å². The molecule has 0 unspecified atom stereocenters. The van der Waals surface area contributed by atoms with E-state index < -0.39 is 0 Å². The zero-order valence-electron chi connectivity index (χ0n) is 18.7. The van der Waals surface area contributed by atoms with Gasteiger partial charge in [-0.3, -0.25) is 4.79 Å². The second-order valence-corrected chi connectivity index (χ2v) is 10.2. The fraction of sp³-hybridized carbons (Fsp3) is 0.455. The van der Waals surface area contributed by atoms with Crippen molar-refractivity contribution in [1.29, 1.82) is 0 Å². The lowest BCUT2D eigenvalue weighted by Crippen LogP contribution is -2.28. The Morgan fingerprint density at radius 1 is 1.13 bits per heavy atom. The summed E-state index contributed by atoms with van der Waals surface area (Å²) >= 11 is 3.32. The van der Waals surface area contributed by atoms with Gasteiger partial charge in [0, 0.05) is 22.7 Å². The molecule has 2 N–H and O–H groups in total. The number of hydrogen-bond donors (Lipinski definition) is 2. The van der Waals surface area contributed by atoms with E-state index >= 15 is 0 Å². The van der Waals surface area contributed by atoms with E-state index in [9.17, 15) is 4.79 Å². The maximum atomic E-state index is 12.4. The van der Waals surface area contributed by atoms with Gasteiger partial charge in [0.1, 0.15) is 5.82 Å². The first-order valence-corrected chi connectivity index (χ1v) is 12.5. The summed E-state index contributed by atoms with van der Waals surface area (Å²) in [5.74, 6) is 0.793. The van der Waals surface area contributed by atoms with Crippen LogP contribution in [-0.2, 0) is 17.8 Å². The number of benzene rings is 1. The zero-order valence-corrected chi connectivity index (χ0v) is 20.3. The fourth-order valence-electron chi connectivity index (χ4n) is 3.08. The second kappa shape index (κ2) is 10.9. The van der Waals surface area contributed by atoms with Gasteiger partial charge in [-0.25, -0.2) is 14.6 Å². The van der Waals surface area contributed by atoms with Crippen LogP contribution in [-0.4, -0.2) is 49.7 Å². The lowest BCUT2D eigenvalue weighted by atomic mass is 10.1. The van der Waals surface area contributed by atoms with Gasteiger partial charge in [0.15, 0.2) is 10.8 Å². The lowest BCUT2D eigenvalue weighted by molar-refractivity contribution is -0.120. The van der Waals surface area contributed by atoms with Crippen molar-refractivity contribution in [3.8, 4) is 0 Å². The zero-order chi connectivity index (χ0) is 22.4. The number of carbonyl (C=O) groups is 1. The van der Waals surface area contributed by atoms with Crippen LogP contribution in [0.2, 0.25) is 0 Å². The van der Waals surface area contributed by atoms with Gasteiger partial charge in [-0.1, -0.05) is 37.7 Å². The first-order chi connectivity index (χ1) is 14.9. The first-order valence-electron chi connectivity index (χ1n) is 10.4. The van der Waals surface area contributed by atoms with Gasteiger partial charge < -0.3 is 10.6 Å². The molecule has 7 nitrogen and oxygen atoms in total. The minimum absolute atomic E-state index is 0.00214. The van der Waals surface area contributed by atoms with E-state index in [0.29, 0.717) is 29.9 Å². The van der Waals surface area contributed by atoms with E-state index in [1.807, 2.05) is 34.8 Å². The van der Waals surface area contributed by atoms with Gasteiger partial charge in [0.25, 0.3) is 0 Å². The van der Waals surface area contributed by atoms with Crippen LogP contribution in [0.25, 0.3) is 11.0 Å². The third-order valence-electron chi connectivity index (χ3n) is 4.39. The molecule has 3 rings (SSSR count). The quantitative estimate of drug-likeness (QED) is 0.347. The van der Waals surface area contributed by atoms with Gasteiger partial charge in [-0.05, 0) is 37.8 Å². The molecule has 2 aromatic heterocycles. The molecule has 0 spiro atoms. The van der Waals surface area contributed by atoms with Gasteiger partial charge in [0.05, 0.1) is 24.5 Å². The van der Waals surface area contributed by atoms with Crippen LogP contribution in [0.15, 0.2) is 40.5 Å². The van der Waals surface area contributed by atoms with Crippen molar-refractivity contribution < 1.29 is 4.79 Å². The topological polar surface area (TPSA) is 84.7 Å². The molecule has 0 aliphatic rings. The highest BCUT2D eigenvalue weighted by Crippen LogP contribution is 2.24. The third-order valence-corrected chi connectivity index (χ3v) is 5.95. The number of thioether (sulfide) groups is 2. The largest absolute Gasteiger partial charge is 0.367 e. The number of amides is 1. The van der Waals surface area contributed by atoms with E-state index in [4.69, 9.17) is 0 Å². The van der Waals surface area contributed by atoms with Gasteiger partial charge in [-0.2, -0.15) is 5.10 Å². The summed E-state index contributed by atoms with van der Waals surface area (Å²) in [6.07, 6.45) is 4.10. The van der Waals surface area contributed by atoms with Crippen LogP contribution in [0.3, 0.4) is 0 Å². The lowest BCUT2D eigenvalue weighted by Gasteiger charge is -2.11. The number of anilines is 1. The summed E-state index contributed by atoms with van der Waals surface area (Å²) in [6.45, 7) is 9.52. The Balaban J connectivity index is 1.59. The molecular formula is C22H30N6OS2. The number of nitrogens with one attached hydrogen (secondary N) is 2. The number of fused-ring (bicyclic) bond motifs is 1. The highest BCUT2D eigenvalue weighted by atomic mass is 32.2. The molecule has 166 valence electrons. The molecule has 1 amide bonds. The maximum Gasteiger partial charge on any atom is 0.224 e. The Hall–Kier alpha value is -2.26. The summed E-state index contributed by atoms with van der Waals surface area (Å²) < 4.78 is 1.82. The van der Waals surface area contributed by atoms with Crippen molar-refractivity contribution in [2.24, 2.45) is 0 Å². The number of aromatic nitrogens is 4. The average Bonchev–Trinajstić information content (AvgIpc) is 3.12. The molecule has 0 aliphatic carbocycles. The molecular weight excluding hydrogens is 428 g/mol. The number of carbonyl (C=O) groups excluding carboxylic acids is 1. The minimum Gasteiger partial charge on any atom is -0.367 e. The number of rotatable bonds is 10. The van der Waals surface area contributed by atoms with E-state index in [1.165, 1.54) is 16.7 Å². The normalized spacial score (nSPS) is 11.5. The molecule has 0 saturated heterocycles. The van der Waals surface area contributed by atoms with Crippen LogP contribution in [0.1, 0.15) is 33.3 Å². The molecule has 2 heterocycles. The summed E-state index contributed by atoms with van der Waals surface area (Å²) in [7, 11) is 0. The smallest absolute Gasteiger partial charge is 0.224 e. The molecule has 3 aromatic rings. The molecule has 0 saturated carbocycles. The molecule has 9 heteroatoms. The van der Waals surface area contributed by atoms with E-state index in [0.717, 1.165) is 22.4 Å². The number of hydrogen-bond acceptors (Lipinski definition) is 7. The Morgan fingerprint density at radius 2 is 1.87 bits per heavy atom. The fourth-order valence-corrected chi connectivity index (χ4v) is 4.28. The molecule has 0 atom stereocenters. The SMILES string of the molecule is CSc1nc(NC(C)C)c2cnn(CCNC(=O)Cc3ccc(SC(C)C)cc3)c2n1. The van der Waals surface area contributed by atoms with Gasteiger partial charge in [-0.15, -0.1) is 11.8 Å². The summed E-state index contributed by atoms with van der Waals surface area (Å²) in [5.41, 5.74) is 1.78. The predicted octanol–water partition coefficient (Wildman–Crippen LogP) is 4.23. The second-order valence-electron chi connectivity index (χ2n) is 7.80. The van der Waals surface area contributed by atoms with Crippen LogP contribution >= 0.6 is 23.5 Å². The molecule has 0 bridgehead atoms. The van der Waals surface area contributed by atoms with Crippen molar-refractivity contribution >= 4 is 46.3 Å². The van der Waals surface area contributed by atoms with Crippen LogP contribution < -0.4 is 10.6 Å². The van der Waals surface area contributed by atoms with Crippen LogP contribution in [0.4, 0.5) is 5.82 Å². The van der Waals surface area contributed by atoms with Crippen molar-refractivity contribution in [3.63, 3.8) is 0 Å². The van der Waals surface area contributed by atoms with E-state index in [1.54, 1.807) is 6.20 Å². The van der Waals surface area contributed by atoms with Crippen LogP contribution in [0, 0.1) is 0 Å². The van der Waals surface area contributed by atoms with Crippen molar-refractivity contribution in [3.05, 3.63) is 36.0 Å². The summed E-state index contributed by atoms with van der Waals surface area (Å²) in [4.78, 5) is 22.8. The summed E-state index contributed by atoms with van der Waals surface area (Å²) in [5, 5.41) is 12.9. The maximum absolute atomic E-state index is 12.4. The highest BCUT2D eigenvalue weighted by Gasteiger charge is 2.14. The Morgan fingerprint density at radius 3 is 2.52 bits per heavy atom. The Bertz CT molecular complexity index is 1020. The Kier molecular flexibility index (Phi) is 8.20. The van der Waals surface area contributed by atoms with Gasteiger partial charge >= 0.3 is 0 Å². The molecule has 0 fully saturated rings. The number of nitrogens with zero attached hydrogens (tertiary/aromatic N) is 4. The highest BCUT2D eigenvalue weighted by molar-refractivity contribution is 7.99.